The van der Waals surface area contributed by atoms with E-state index in [9.17, 15) is 4.79 Å². The third-order valence-corrected chi connectivity index (χ3v) is 3.66. The Hall–Kier alpha value is -1.95. The maximum absolute atomic E-state index is 12.2. The molecule has 20 heavy (non-hydrogen) atoms. The highest BCUT2D eigenvalue weighted by Crippen LogP contribution is 2.16. The van der Waals surface area contributed by atoms with Crippen LogP contribution in [0.1, 0.15) is 32.9 Å². The van der Waals surface area contributed by atoms with E-state index in [0.717, 1.165) is 27.8 Å². The number of hydrogen-bond donors (Lipinski definition) is 2. The first-order valence-electron chi connectivity index (χ1n) is 6.50. The second-order valence-corrected chi connectivity index (χ2v) is 5.75. The highest BCUT2D eigenvalue weighted by atomic mass is 32.1. The molecule has 6 heteroatoms. The molecule has 0 saturated heterocycles. The van der Waals surface area contributed by atoms with E-state index in [1.165, 1.54) is 0 Å². The molecule has 0 fully saturated rings. The fourth-order valence-corrected chi connectivity index (χ4v) is 2.56. The molecule has 2 aromatic heterocycles. The van der Waals surface area contributed by atoms with Crippen LogP contribution < -0.4 is 10.6 Å². The molecule has 0 aliphatic carbocycles. The molecule has 2 aromatic rings. The predicted molar refractivity (Wildman–Crippen MR) is 81.2 cm³/mol. The van der Waals surface area contributed by atoms with Crippen molar-refractivity contribution in [3.63, 3.8) is 0 Å². The van der Waals surface area contributed by atoms with Gasteiger partial charge in [0.2, 0.25) is 0 Å². The summed E-state index contributed by atoms with van der Waals surface area (Å²) in [6, 6.07) is 1.88. The Kier molecular flexibility index (Phi) is 4.68. The van der Waals surface area contributed by atoms with Crippen molar-refractivity contribution in [3.8, 4) is 0 Å². The second-order valence-electron chi connectivity index (χ2n) is 4.43. The molecule has 106 valence electrons. The van der Waals surface area contributed by atoms with Crippen molar-refractivity contribution in [1.29, 1.82) is 0 Å². The zero-order valence-electron chi connectivity index (χ0n) is 11.9. The summed E-state index contributed by atoms with van der Waals surface area (Å²) in [5, 5.41) is 7.09. The van der Waals surface area contributed by atoms with E-state index in [1.807, 2.05) is 26.8 Å². The van der Waals surface area contributed by atoms with E-state index < -0.39 is 0 Å². The number of carbonyl (C=O) groups excluding carboxylic acids is 1. The number of anilines is 1. The molecule has 0 aliphatic rings. The Morgan fingerprint density at radius 1 is 1.30 bits per heavy atom. The van der Waals surface area contributed by atoms with Gasteiger partial charge in [-0.15, -0.1) is 11.3 Å². The van der Waals surface area contributed by atoms with Crippen LogP contribution in [0.25, 0.3) is 0 Å². The van der Waals surface area contributed by atoms with Gasteiger partial charge < -0.3 is 10.6 Å². The second kappa shape index (κ2) is 6.47. The topological polar surface area (TPSA) is 66.9 Å². The van der Waals surface area contributed by atoms with Crippen molar-refractivity contribution in [3.05, 3.63) is 39.6 Å². The lowest BCUT2D eigenvalue weighted by Crippen LogP contribution is -2.24. The molecule has 2 heterocycles. The largest absolute Gasteiger partial charge is 0.385 e. The third-order valence-electron chi connectivity index (χ3n) is 2.74. The van der Waals surface area contributed by atoms with E-state index in [4.69, 9.17) is 0 Å². The molecule has 5 nitrogen and oxygen atoms in total. The van der Waals surface area contributed by atoms with Crippen LogP contribution >= 0.6 is 11.3 Å². The Labute approximate surface area is 122 Å². The summed E-state index contributed by atoms with van der Waals surface area (Å²) in [4.78, 5) is 21.6. The molecule has 2 rings (SSSR count). The SMILES string of the molecule is CCNc1cc(C)ncc1C(=O)NCc1cnc(C)s1. The van der Waals surface area contributed by atoms with Gasteiger partial charge in [-0.25, -0.2) is 4.98 Å². The minimum Gasteiger partial charge on any atom is -0.385 e. The van der Waals surface area contributed by atoms with Crippen LogP contribution in [-0.4, -0.2) is 22.4 Å². The van der Waals surface area contributed by atoms with Crippen molar-refractivity contribution < 1.29 is 4.79 Å². The standard InChI is InChI=1S/C14H18N4OS/c1-4-15-13-5-9(2)16-8-12(13)14(19)18-7-11-6-17-10(3)20-11/h5-6,8H,4,7H2,1-3H3,(H,15,16)(H,18,19). The normalized spacial score (nSPS) is 10.3. The molecule has 0 atom stereocenters. The number of aryl methyl sites for hydroxylation is 2. The number of aromatic nitrogens is 2. The summed E-state index contributed by atoms with van der Waals surface area (Å²) < 4.78 is 0. The maximum atomic E-state index is 12.2. The fourth-order valence-electron chi connectivity index (χ4n) is 1.83. The quantitative estimate of drug-likeness (QED) is 0.888. The number of hydrogen-bond acceptors (Lipinski definition) is 5. The summed E-state index contributed by atoms with van der Waals surface area (Å²) >= 11 is 1.58. The molecule has 0 radical (unpaired) electrons. The lowest BCUT2D eigenvalue weighted by atomic mass is 10.2. The summed E-state index contributed by atoms with van der Waals surface area (Å²) in [5.41, 5.74) is 2.27. The summed E-state index contributed by atoms with van der Waals surface area (Å²) in [7, 11) is 0. The molecule has 0 spiro atoms. The van der Waals surface area contributed by atoms with Crippen LogP contribution in [0.4, 0.5) is 5.69 Å². The van der Waals surface area contributed by atoms with Crippen LogP contribution in [0.2, 0.25) is 0 Å². The monoisotopic (exact) mass is 290 g/mol. The van der Waals surface area contributed by atoms with E-state index >= 15 is 0 Å². The molecule has 0 aromatic carbocycles. The van der Waals surface area contributed by atoms with E-state index in [0.29, 0.717) is 12.1 Å². The molecular formula is C14H18N4OS. The number of carbonyl (C=O) groups is 1. The molecular weight excluding hydrogens is 272 g/mol. The molecule has 0 saturated carbocycles. The van der Waals surface area contributed by atoms with E-state index in [-0.39, 0.29) is 5.91 Å². The fraction of sp³-hybridized carbons (Fsp3) is 0.357. The van der Waals surface area contributed by atoms with Crippen LogP contribution in [0, 0.1) is 13.8 Å². The lowest BCUT2D eigenvalue weighted by molar-refractivity contribution is 0.0951. The highest BCUT2D eigenvalue weighted by molar-refractivity contribution is 7.11. The third kappa shape index (κ3) is 3.54. The number of amides is 1. The average Bonchev–Trinajstić information content (AvgIpc) is 2.82. The summed E-state index contributed by atoms with van der Waals surface area (Å²) in [6.45, 7) is 7.10. The van der Waals surface area contributed by atoms with Crippen LogP contribution in [0.5, 0.6) is 0 Å². The number of nitrogens with one attached hydrogen (secondary N) is 2. The average molecular weight is 290 g/mol. The minimum atomic E-state index is -0.125. The molecule has 0 unspecified atom stereocenters. The Bertz CT molecular complexity index is 609. The molecule has 0 bridgehead atoms. The molecule has 0 aliphatic heterocycles. The Morgan fingerprint density at radius 2 is 2.10 bits per heavy atom. The first kappa shape index (κ1) is 14.5. The van der Waals surface area contributed by atoms with Gasteiger partial charge in [0.1, 0.15) is 0 Å². The number of nitrogens with zero attached hydrogens (tertiary/aromatic N) is 2. The van der Waals surface area contributed by atoms with Crippen molar-refractivity contribution in [2.45, 2.75) is 27.3 Å². The highest BCUT2D eigenvalue weighted by Gasteiger charge is 2.12. The van der Waals surface area contributed by atoms with E-state index in [2.05, 4.69) is 20.6 Å². The van der Waals surface area contributed by atoms with Crippen molar-refractivity contribution in [1.82, 2.24) is 15.3 Å². The smallest absolute Gasteiger partial charge is 0.255 e. The molecule has 2 N–H and O–H groups in total. The van der Waals surface area contributed by atoms with Crippen molar-refractivity contribution in [2.24, 2.45) is 0 Å². The minimum absolute atomic E-state index is 0.125. The van der Waals surface area contributed by atoms with Gasteiger partial charge in [0.25, 0.3) is 5.91 Å². The first-order valence-corrected chi connectivity index (χ1v) is 7.31. The predicted octanol–water partition coefficient (Wildman–Crippen LogP) is 2.52. The van der Waals surface area contributed by atoms with Gasteiger partial charge >= 0.3 is 0 Å². The van der Waals surface area contributed by atoms with Gasteiger partial charge in [-0.3, -0.25) is 9.78 Å². The van der Waals surface area contributed by atoms with Gasteiger partial charge in [-0.2, -0.15) is 0 Å². The summed E-state index contributed by atoms with van der Waals surface area (Å²) in [5.74, 6) is -0.125. The van der Waals surface area contributed by atoms with Crippen LogP contribution in [0.3, 0.4) is 0 Å². The van der Waals surface area contributed by atoms with E-state index in [1.54, 1.807) is 23.7 Å². The zero-order valence-corrected chi connectivity index (χ0v) is 12.7. The van der Waals surface area contributed by atoms with Crippen LogP contribution in [0.15, 0.2) is 18.5 Å². The number of pyridine rings is 1. The van der Waals surface area contributed by atoms with Gasteiger partial charge in [0.15, 0.2) is 0 Å². The number of thiazole rings is 1. The Balaban J connectivity index is 2.08. The van der Waals surface area contributed by atoms with Crippen molar-refractivity contribution >= 4 is 22.9 Å². The van der Waals surface area contributed by atoms with Gasteiger partial charge in [0, 0.05) is 29.5 Å². The van der Waals surface area contributed by atoms with Gasteiger partial charge in [-0.05, 0) is 26.8 Å². The maximum Gasteiger partial charge on any atom is 0.255 e. The first-order chi connectivity index (χ1) is 9.60. The zero-order chi connectivity index (χ0) is 14.5. The van der Waals surface area contributed by atoms with Gasteiger partial charge in [0.05, 0.1) is 22.8 Å². The number of rotatable bonds is 5. The van der Waals surface area contributed by atoms with Crippen molar-refractivity contribution in [2.75, 3.05) is 11.9 Å². The Morgan fingerprint density at radius 3 is 2.75 bits per heavy atom. The lowest BCUT2D eigenvalue weighted by Gasteiger charge is -2.11. The summed E-state index contributed by atoms with van der Waals surface area (Å²) in [6.07, 6.45) is 3.40. The van der Waals surface area contributed by atoms with Gasteiger partial charge in [-0.1, -0.05) is 0 Å². The molecule has 1 amide bonds. The van der Waals surface area contributed by atoms with Crippen LogP contribution in [-0.2, 0) is 6.54 Å².